The summed E-state index contributed by atoms with van der Waals surface area (Å²) < 4.78 is 15.9. The van der Waals surface area contributed by atoms with Gasteiger partial charge in [0, 0.05) is 11.6 Å². The molecule has 3 aromatic rings. The van der Waals surface area contributed by atoms with E-state index in [0.717, 1.165) is 11.3 Å². The molecule has 0 fully saturated rings. The summed E-state index contributed by atoms with van der Waals surface area (Å²) >= 11 is 1.29. The number of nitrogens with zero attached hydrogens (tertiary/aromatic N) is 2. The normalized spacial score (nSPS) is 11.5. The van der Waals surface area contributed by atoms with Crippen LogP contribution in [0.2, 0.25) is 0 Å². The molecule has 1 aromatic heterocycles. The summed E-state index contributed by atoms with van der Waals surface area (Å²) in [6.07, 6.45) is -0.703. The first-order valence-corrected chi connectivity index (χ1v) is 9.00. The van der Waals surface area contributed by atoms with Gasteiger partial charge in [0.15, 0.2) is 6.10 Å². The lowest BCUT2D eigenvalue weighted by atomic mass is 10.2. The van der Waals surface area contributed by atoms with E-state index >= 15 is 0 Å². The number of carbonyl (C=O) groups is 1. The Labute approximate surface area is 160 Å². The van der Waals surface area contributed by atoms with Gasteiger partial charge in [-0.3, -0.25) is 10.1 Å². The zero-order chi connectivity index (χ0) is 19.2. The smallest absolute Gasteiger partial charge is 0.266 e. The molecule has 1 amide bonds. The second-order valence-corrected chi connectivity index (χ2v) is 6.55. The molecule has 140 valence electrons. The Morgan fingerprint density at radius 2 is 1.70 bits per heavy atom. The van der Waals surface area contributed by atoms with Crippen molar-refractivity contribution < 1.29 is 19.0 Å². The molecule has 1 N–H and O–H groups in total. The molecule has 0 radical (unpaired) electrons. The number of ether oxygens (including phenoxy) is 3. The lowest BCUT2D eigenvalue weighted by molar-refractivity contribution is -0.122. The fourth-order valence-electron chi connectivity index (χ4n) is 2.26. The summed E-state index contributed by atoms with van der Waals surface area (Å²) in [6.45, 7) is 1.67. The number of hydrogen-bond acceptors (Lipinski definition) is 7. The first-order chi connectivity index (χ1) is 13.1. The van der Waals surface area contributed by atoms with Crippen molar-refractivity contribution in [2.75, 3.05) is 19.5 Å². The fraction of sp³-hybridized carbons (Fsp3) is 0.211. The van der Waals surface area contributed by atoms with E-state index in [-0.39, 0.29) is 5.91 Å². The molecule has 0 bridgehead atoms. The van der Waals surface area contributed by atoms with E-state index in [1.807, 2.05) is 24.3 Å². The molecule has 0 aliphatic carbocycles. The molecule has 1 atom stereocenters. The van der Waals surface area contributed by atoms with E-state index in [2.05, 4.69) is 15.5 Å². The monoisotopic (exact) mass is 385 g/mol. The molecule has 0 spiro atoms. The van der Waals surface area contributed by atoms with E-state index in [4.69, 9.17) is 14.2 Å². The highest BCUT2D eigenvalue weighted by Gasteiger charge is 2.17. The van der Waals surface area contributed by atoms with Crippen LogP contribution < -0.4 is 19.5 Å². The van der Waals surface area contributed by atoms with E-state index < -0.39 is 6.10 Å². The standard InChI is InChI=1S/C19H19N3O4S/c1-12(26-16-6-4-5-15(11-16)25-3)17(23)20-19-22-21-18(27-19)13-7-9-14(24-2)10-8-13/h4-12H,1-3H3,(H,20,22,23)/t12-/m0/s1. The Morgan fingerprint density at radius 3 is 2.41 bits per heavy atom. The number of benzene rings is 2. The van der Waals surface area contributed by atoms with Crippen LogP contribution in [-0.2, 0) is 4.79 Å². The van der Waals surface area contributed by atoms with E-state index in [0.29, 0.717) is 21.6 Å². The highest BCUT2D eigenvalue weighted by Crippen LogP contribution is 2.28. The summed E-state index contributed by atoms with van der Waals surface area (Å²) in [5, 5.41) is 12.0. The minimum Gasteiger partial charge on any atom is -0.497 e. The molecule has 0 saturated carbocycles. The maximum absolute atomic E-state index is 12.4. The Morgan fingerprint density at radius 1 is 1.00 bits per heavy atom. The van der Waals surface area contributed by atoms with Crippen molar-refractivity contribution in [3.8, 4) is 27.8 Å². The molecule has 0 unspecified atom stereocenters. The van der Waals surface area contributed by atoms with Crippen molar-refractivity contribution in [2.24, 2.45) is 0 Å². The van der Waals surface area contributed by atoms with Crippen molar-refractivity contribution in [1.82, 2.24) is 10.2 Å². The first kappa shape index (κ1) is 18.7. The van der Waals surface area contributed by atoms with Crippen molar-refractivity contribution in [3.05, 3.63) is 48.5 Å². The Kier molecular flexibility index (Phi) is 5.87. The summed E-state index contributed by atoms with van der Waals surface area (Å²) in [5.41, 5.74) is 0.898. The number of carbonyl (C=O) groups excluding carboxylic acids is 1. The third-order valence-electron chi connectivity index (χ3n) is 3.72. The highest BCUT2D eigenvalue weighted by atomic mass is 32.1. The fourth-order valence-corrected chi connectivity index (χ4v) is 3.02. The van der Waals surface area contributed by atoms with Crippen LogP contribution in [0, 0.1) is 0 Å². The number of amides is 1. The molecule has 27 heavy (non-hydrogen) atoms. The van der Waals surface area contributed by atoms with Gasteiger partial charge in [-0.05, 0) is 43.3 Å². The van der Waals surface area contributed by atoms with Crippen molar-refractivity contribution in [3.63, 3.8) is 0 Å². The minimum atomic E-state index is -0.703. The number of nitrogens with one attached hydrogen (secondary N) is 1. The average Bonchev–Trinajstić information content (AvgIpc) is 3.16. The minimum absolute atomic E-state index is 0.310. The maximum atomic E-state index is 12.4. The van der Waals surface area contributed by atoms with E-state index in [1.54, 1.807) is 45.4 Å². The van der Waals surface area contributed by atoms with Crippen molar-refractivity contribution in [1.29, 1.82) is 0 Å². The number of aromatic nitrogens is 2. The molecule has 0 saturated heterocycles. The molecule has 3 rings (SSSR count). The summed E-state index contributed by atoms with van der Waals surface area (Å²) in [5.74, 6) is 1.66. The van der Waals surface area contributed by atoms with Gasteiger partial charge in [-0.2, -0.15) is 0 Å². The lowest BCUT2D eigenvalue weighted by Gasteiger charge is -2.14. The lowest BCUT2D eigenvalue weighted by Crippen LogP contribution is -2.30. The Bertz CT molecular complexity index is 911. The molecule has 7 nitrogen and oxygen atoms in total. The second-order valence-electron chi connectivity index (χ2n) is 5.57. The van der Waals surface area contributed by atoms with Gasteiger partial charge in [0.1, 0.15) is 22.3 Å². The third-order valence-corrected chi connectivity index (χ3v) is 4.60. The summed E-state index contributed by atoms with van der Waals surface area (Å²) in [7, 11) is 3.19. The highest BCUT2D eigenvalue weighted by molar-refractivity contribution is 7.18. The third kappa shape index (κ3) is 4.73. The predicted octanol–water partition coefficient (Wildman–Crippen LogP) is 3.63. The molecule has 0 aliphatic rings. The van der Waals surface area contributed by atoms with Crippen molar-refractivity contribution >= 4 is 22.4 Å². The quantitative estimate of drug-likeness (QED) is 0.669. The maximum Gasteiger partial charge on any atom is 0.266 e. The van der Waals surface area contributed by atoms with Crippen LogP contribution in [0.25, 0.3) is 10.6 Å². The molecular weight excluding hydrogens is 366 g/mol. The van der Waals surface area contributed by atoms with Gasteiger partial charge in [-0.15, -0.1) is 10.2 Å². The molecule has 8 heteroatoms. The van der Waals surface area contributed by atoms with Gasteiger partial charge >= 0.3 is 0 Å². The van der Waals surface area contributed by atoms with Gasteiger partial charge in [0.05, 0.1) is 14.2 Å². The second kappa shape index (κ2) is 8.50. The SMILES string of the molecule is COc1ccc(-c2nnc(NC(=O)[C@H](C)Oc3cccc(OC)c3)s2)cc1. The predicted molar refractivity (Wildman–Crippen MR) is 104 cm³/mol. The van der Waals surface area contributed by atoms with Crippen LogP contribution in [0.1, 0.15) is 6.92 Å². The van der Waals surface area contributed by atoms with Crippen LogP contribution >= 0.6 is 11.3 Å². The van der Waals surface area contributed by atoms with Gasteiger partial charge in [-0.25, -0.2) is 0 Å². The average molecular weight is 385 g/mol. The summed E-state index contributed by atoms with van der Waals surface area (Å²) in [4.78, 5) is 12.4. The largest absolute Gasteiger partial charge is 0.497 e. The zero-order valence-corrected chi connectivity index (χ0v) is 15.9. The molecule has 2 aromatic carbocycles. The molecular formula is C19H19N3O4S. The number of anilines is 1. The van der Waals surface area contributed by atoms with Crippen LogP contribution in [0.15, 0.2) is 48.5 Å². The van der Waals surface area contributed by atoms with Crippen LogP contribution in [0.5, 0.6) is 17.2 Å². The Hall–Kier alpha value is -3.13. The first-order valence-electron chi connectivity index (χ1n) is 8.18. The summed E-state index contributed by atoms with van der Waals surface area (Å²) in [6, 6.07) is 14.6. The molecule has 1 heterocycles. The van der Waals surface area contributed by atoms with E-state index in [9.17, 15) is 4.79 Å². The van der Waals surface area contributed by atoms with Crippen LogP contribution in [0.3, 0.4) is 0 Å². The topological polar surface area (TPSA) is 82.6 Å². The Balaban J connectivity index is 1.62. The van der Waals surface area contributed by atoms with E-state index in [1.165, 1.54) is 11.3 Å². The van der Waals surface area contributed by atoms with Crippen molar-refractivity contribution in [2.45, 2.75) is 13.0 Å². The zero-order valence-electron chi connectivity index (χ0n) is 15.1. The van der Waals surface area contributed by atoms with Crippen LogP contribution in [-0.4, -0.2) is 36.4 Å². The van der Waals surface area contributed by atoms with Gasteiger partial charge in [0.2, 0.25) is 5.13 Å². The number of methoxy groups -OCH3 is 2. The van der Waals surface area contributed by atoms with Gasteiger partial charge in [-0.1, -0.05) is 17.4 Å². The van der Waals surface area contributed by atoms with Crippen LogP contribution in [0.4, 0.5) is 5.13 Å². The number of rotatable bonds is 7. The number of hydrogen-bond donors (Lipinski definition) is 1. The molecule has 0 aliphatic heterocycles. The van der Waals surface area contributed by atoms with Gasteiger partial charge < -0.3 is 14.2 Å². The van der Waals surface area contributed by atoms with Gasteiger partial charge in [0.25, 0.3) is 5.91 Å².